The number of hydrogen-bond donors (Lipinski definition) is 1. The van der Waals surface area contributed by atoms with Gasteiger partial charge in [-0.25, -0.2) is 9.97 Å². The number of fused-ring (bicyclic) bond motifs is 3. The van der Waals surface area contributed by atoms with E-state index in [0.717, 1.165) is 50.3 Å². The molecule has 1 amide bonds. The number of hydrogen-bond acceptors (Lipinski definition) is 5. The number of carbonyl (C=O) groups is 1. The Balaban J connectivity index is 1.57. The van der Waals surface area contributed by atoms with Gasteiger partial charge >= 0.3 is 0 Å². The van der Waals surface area contributed by atoms with Gasteiger partial charge in [-0.2, -0.15) is 0 Å². The van der Waals surface area contributed by atoms with Crippen LogP contribution in [0.4, 0.5) is 0 Å². The first-order valence-electron chi connectivity index (χ1n) is 12.6. The number of nitrogens with one attached hydrogen (secondary N) is 1. The van der Waals surface area contributed by atoms with Crippen LogP contribution in [0.15, 0.2) is 30.6 Å². The molecule has 2 aromatic rings. The molecule has 0 aliphatic carbocycles. The Morgan fingerprint density at radius 2 is 1.91 bits per heavy atom. The van der Waals surface area contributed by atoms with Crippen molar-refractivity contribution in [2.24, 2.45) is 11.3 Å². The third-order valence-corrected chi connectivity index (χ3v) is 7.55. The summed E-state index contributed by atoms with van der Waals surface area (Å²) in [6, 6.07) is 6.71. The molecule has 0 spiro atoms. The zero-order valence-corrected chi connectivity index (χ0v) is 20.8. The number of rotatable bonds is 7. The number of aromatic nitrogens is 3. The van der Waals surface area contributed by atoms with Crippen LogP contribution < -0.4 is 5.32 Å². The van der Waals surface area contributed by atoms with Crippen LogP contribution in [0.1, 0.15) is 83.5 Å². The summed E-state index contributed by atoms with van der Waals surface area (Å²) in [7, 11) is 0. The maximum absolute atomic E-state index is 12.4. The molecular weight excluding hydrogens is 410 g/mol. The lowest BCUT2D eigenvalue weighted by Crippen LogP contribution is -2.56. The summed E-state index contributed by atoms with van der Waals surface area (Å²) in [5.41, 5.74) is 3.04. The van der Waals surface area contributed by atoms with Crippen LogP contribution >= 0.6 is 0 Å². The van der Waals surface area contributed by atoms with Crippen molar-refractivity contribution in [1.29, 1.82) is 0 Å². The van der Waals surface area contributed by atoms with E-state index in [0.29, 0.717) is 23.8 Å². The molecule has 1 N–H and O–H groups in total. The summed E-state index contributed by atoms with van der Waals surface area (Å²) < 4.78 is 0. The fraction of sp³-hybridized carbons (Fsp3) is 0.630. The topological polar surface area (TPSA) is 71.0 Å². The molecule has 0 saturated carbocycles. The van der Waals surface area contributed by atoms with Crippen molar-refractivity contribution in [2.45, 2.75) is 78.2 Å². The Morgan fingerprint density at radius 3 is 2.52 bits per heavy atom. The Bertz CT molecular complexity index is 951. The van der Waals surface area contributed by atoms with Gasteiger partial charge in [0.05, 0.1) is 0 Å². The summed E-state index contributed by atoms with van der Waals surface area (Å²) in [6.45, 7) is 13.3. The lowest BCUT2D eigenvalue weighted by atomic mass is 9.73. The molecule has 5 heterocycles. The standard InChI is InChI=1S/C27H39N5O/c1-6-18(7-2)23-15-24(31-25(30-23)19-8-11-28-12-9-19)22-17-32-13-10-20(22)14-21(32)16-29-26(33)27(3,4)5/h8-9,11-12,15,18,20-22H,6-7,10,13-14,16-17H2,1-5H3,(H,29,33)/t20-,21+,22+/m0/s1. The fourth-order valence-electron chi connectivity index (χ4n) is 5.38. The zero-order valence-electron chi connectivity index (χ0n) is 20.8. The molecule has 0 aromatic carbocycles. The van der Waals surface area contributed by atoms with Gasteiger partial charge in [0.1, 0.15) is 0 Å². The molecule has 3 fully saturated rings. The predicted octanol–water partition coefficient (Wildman–Crippen LogP) is 4.78. The minimum absolute atomic E-state index is 0.134. The van der Waals surface area contributed by atoms with Crippen LogP contribution in [-0.4, -0.2) is 51.4 Å². The largest absolute Gasteiger partial charge is 0.354 e. The van der Waals surface area contributed by atoms with Crippen molar-refractivity contribution in [2.75, 3.05) is 19.6 Å². The number of pyridine rings is 1. The lowest BCUT2D eigenvalue weighted by molar-refractivity contribution is -0.129. The van der Waals surface area contributed by atoms with Crippen molar-refractivity contribution in [3.05, 3.63) is 42.0 Å². The highest BCUT2D eigenvalue weighted by molar-refractivity contribution is 5.81. The normalized spacial score (nSPS) is 24.8. The van der Waals surface area contributed by atoms with Gasteiger partial charge in [0.2, 0.25) is 5.91 Å². The van der Waals surface area contributed by atoms with Crippen molar-refractivity contribution in [1.82, 2.24) is 25.2 Å². The second kappa shape index (κ2) is 9.88. The molecule has 33 heavy (non-hydrogen) atoms. The van der Waals surface area contributed by atoms with Gasteiger partial charge in [-0.3, -0.25) is 14.7 Å². The van der Waals surface area contributed by atoms with Gasteiger partial charge in [0.15, 0.2) is 5.82 Å². The van der Waals surface area contributed by atoms with Crippen LogP contribution in [0.5, 0.6) is 0 Å². The molecular formula is C27H39N5O. The Hall–Kier alpha value is -2.34. The van der Waals surface area contributed by atoms with E-state index in [-0.39, 0.29) is 11.3 Å². The Morgan fingerprint density at radius 1 is 1.18 bits per heavy atom. The maximum atomic E-state index is 12.4. The molecule has 0 radical (unpaired) electrons. The van der Waals surface area contributed by atoms with Crippen molar-refractivity contribution < 1.29 is 4.79 Å². The summed E-state index contributed by atoms with van der Waals surface area (Å²) in [5.74, 6) is 2.43. The molecule has 1 unspecified atom stereocenters. The Kier molecular flexibility index (Phi) is 7.13. The van der Waals surface area contributed by atoms with Gasteiger partial charge in [0.25, 0.3) is 0 Å². The molecule has 5 rings (SSSR count). The van der Waals surface area contributed by atoms with Gasteiger partial charge < -0.3 is 5.32 Å². The fourth-order valence-corrected chi connectivity index (χ4v) is 5.38. The molecule has 6 nitrogen and oxygen atoms in total. The summed E-state index contributed by atoms with van der Waals surface area (Å²) >= 11 is 0. The van der Waals surface area contributed by atoms with E-state index in [4.69, 9.17) is 9.97 Å². The van der Waals surface area contributed by atoms with Crippen LogP contribution in [0.3, 0.4) is 0 Å². The molecule has 6 heteroatoms. The average Bonchev–Trinajstić information content (AvgIpc) is 2.83. The SMILES string of the molecule is CCC(CC)c1cc([C@@H]2CN3CC[C@H]2C[C@@H]3CNC(=O)C(C)(C)C)nc(-c2ccncc2)n1. The lowest BCUT2D eigenvalue weighted by Gasteiger charge is -2.50. The van der Waals surface area contributed by atoms with E-state index in [1.807, 2.05) is 45.3 Å². The van der Waals surface area contributed by atoms with E-state index in [2.05, 4.69) is 35.1 Å². The van der Waals surface area contributed by atoms with Gasteiger partial charge in [-0.05, 0) is 56.3 Å². The van der Waals surface area contributed by atoms with Crippen LogP contribution in [0.25, 0.3) is 11.4 Å². The van der Waals surface area contributed by atoms with E-state index in [1.54, 1.807) is 0 Å². The van der Waals surface area contributed by atoms with Crippen molar-refractivity contribution >= 4 is 5.91 Å². The number of piperidine rings is 3. The first kappa shape index (κ1) is 23.8. The predicted molar refractivity (Wildman–Crippen MR) is 132 cm³/mol. The molecule has 3 saturated heterocycles. The molecule has 178 valence electrons. The highest BCUT2D eigenvalue weighted by Crippen LogP contribution is 2.42. The summed E-state index contributed by atoms with van der Waals surface area (Å²) in [6.07, 6.45) is 8.10. The minimum atomic E-state index is -0.346. The zero-order chi connectivity index (χ0) is 23.6. The van der Waals surface area contributed by atoms with Gasteiger partial charge in [-0.15, -0.1) is 0 Å². The second-order valence-electron chi connectivity index (χ2n) is 10.8. The van der Waals surface area contributed by atoms with E-state index < -0.39 is 0 Å². The monoisotopic (exact) mass is 449 g/mol. The highest BCUT2D eigenvalue weighted by atomic mass is 16.2. The highest BCUT2D eigenvalue weighted by Gasteiger charge is 2.42. The van der Waals surface area contributed by atoms with Gasteiger partial charge in [-0.1, -0.05) is 34.6 Å². The van der Waals surface area contributed by atoms with Crippen LogP contribution in [0, 0.1) is 11.3 Å². The van der Waals surface area contributed by atoms with Crippen molar-refractivity contribution in [3.8, 4) is 11.4 Å². The first-order chi connectivity index (χ1) is 15.8. The third kappa shape index (κ3) is 5.26. The molecule has 2 bridgehead atoms. The van der Waals surface area contributed by atoms with Crippen LogP contribution in [0.2, 0.25) is 0 Å². The third-order valence-electron chi connectivity index (χ3n) is 7.55. The molecule has 3 aliphatic rings. The summed E-state index contributed by atoms with van der Waals surface area (Å²) in [5, 5.41) is 3.19. The Labute approximate surface area is 198 Å². The van der Waals surface area contributed by atoms with E-state index >= 15 is 0 Å². The minimum Gasteiger partial charge on any atom is -0.354 e. The molecule has 4 atom stereocenters. The molecule has 2 aromatic heterocycles. The first-order valence-corrected chi connectivity index (χ1v) is 12.6. The number of amides is 1. The quantitative estimate of drug-likeness (QED) is 0.658. The maximum Gasteiger partial charge on any atom is 0.225 e. The van der Waals surface area contributed by atoms with Crippen LogP contribution in [-0.2, 0) is 4.79 Å². The van der Waals surface area contributed by atoms with E-state index in [9.17, 15) is 4.79 Å². The van der Waals surface area contributed by atoms with Gasteiger partial charge in [0, 0.05) is 65.7 Å². The second-order valence-corrected chi connectivity index (χ2v) is 10.8. The average molecular weight is 450 g/mol. The smallest absolute Gasteiger partial charge is 0.225 e. The summed E-state index contributed by atoms with van der Waals surface area (Å²) in [4.78, 5) is 29.2. The van der Waals surface area contributed by atoms with Crippen molar-refractivity contribution in [3.63, 3.8) is 0 Å². The number of nitrogens with zero attached hydrogens (tertiary/aromatic N) is 4. The number of carbonyl (C=O) groups excluding carboxylic acids is 1. The van der Waals surface area contributed by atoms with E-state index in [1.165, 1.54) is 17.8 Å². The molecule has 3 aliphatic heterocycles.